The molecule has 0 unspecified atom stereocenters. The number of nitrogens with zero attached hydrogens (tertiary/aromatic N) is 1. The molecule has 0 spiro atoms. The van der Waals surface area contributed by atoms with Crippen molar-refractivity contribution in [1.29, 1.82) is 0 Å². The van der Waals surface area contributed by atoms with Gasteiger partial charge in [-0.15, -0.1) is 11.3 Å². The highest BCUT2D eigenvalue weighted by molar-refractivity contribution is 7.17. The first-order valence-electron chi connectivity index (χ1n) is 7.70. The van der Waals surface area contributed by atoms with Crippen LogP contribution in [0.1, 0.15) is 20.8 Å². The Balaban J connectivity index is 1.68. The molecule has 0 bridgehead atoms. The van der Waals surface area contributed by atoms with E-state index in [9.17, 15) is 4.79 Å². The van der Waals surface area contributed by atoms with Gasteiger partial charge >= 0.3 is 0 Å². The molecule has 0 fully saturated rings. The van der Waals surface area contributed by atoms with Crippen molar-refractivity contribution < 1.29 is 9.53 Å². The second kappa shape index (κ2) is 6.38. The number of Topliss-reactive ketones (excluding diaryl/α,β-unsaturated/α-hetero) is 1. The van der Waals surface area contributed by atoms with E-state index >= 15 is 0 Å². The van der Waals surface area contributed by atoms with Gasteiger partial charge in [-0.3, -0.25) is 9.78 Å². The third-order valence-corrected chi connectivity index (χ3v) is 5.60. The Hall–Kier alpha value is -2.17. The molecule has 1 aliphatic heterocycles. The molecule has 24 heavy (non-hydrogen) atoms. The average molecular weight is 356 g/mol. The monoisotopic (exact) mass is 355 g/mol. The molecule has 1 aliphatic rings. The number of benzene rings is 1. The van der Waals surface area contributed by atoms with Gasteiger partial charge in [-0.05, 0) is 35.4 Å². The third kappa shape index (κ3) is 2.83. The van der Waals surface area contributed by atoms with Crippen LogP contribution in [0.2, 0.25) is 5.02 Å². The van der Waals surface area contributed by atoms with E-state index in [1.165, 1.54) is 11.3 Å². The number of ketones is 1. The zero-order valence-electron chi connectivity index (χ0n) is 12.8. The Labute approximate surface area is 148 Å². The minimum atomic E-state index is 0.0829. The van der Waals surface area contributed by atoms with Gasteiger partial charge in [0.15, 0.2) is 5.78 Å². The minimum Gasteiger partial charge on any atom is -0.491 e. The van der Waals surface area contributed by atoms with Gasteiger partial charge in [-0.25, -0.2) is 0 Å². The van der Waals surface area contributed by atoms with Crippen LogP contribution in [-0.4, -0.2) is 17.4 Å². The predicted octanol–water partition coefficient (Wildman–Crippen LogP) is 4.82. The molecular weight excluding hydrogens is 342 g/mol. The molecule has 0 saturated carbocycles. The number of rotatable bonds is 3. The molecule has 5 heteroatoms. The fraction of sp³-hybridized carbons (Fsp3) is 0.158. The van der Waals surface area contributed by atoms with E-state index in [2.05, 4.69) is 4.98 Å². The van der Waals surface area contributed by atoms with Crippen molar-refractivity contribution >= 4 is 28.7 Å². The molecule has 3 aromatic rings. The number of carbonyl (C=O) groups is 1. The number of ether oxygens (including phenoxy) is 1. The number of thiophene rings is 1. The minimum absolute atomic E-state index is 0.0829. The lowest BCUT2D eigenvalue weighted by Gasteiger charge is -2.05. The number of halogens is 1. The van der Waals surface area contributed by atoms with Crippen LogP contribution in [-0.2, 0) is 12.8 Å². The van der Waals surface area contributed by atoms with Crippen molar-refractivity contribution in [3.8, 4) is 16.3 Å². The normalized spacial score (nSPS) is 12.7. The number of pyridine rings is 1. The van der Waals surface area contributed by atoms with E-state index in [1.807, 2.05) is 42.5 Å². The summed E-state index contributed by atoms with van der Waals surface area (Å²) in [6.45, 7) is 0.598. The van der Waals surface area contributed by atoms with Crippen molar-refractivity contribution in [3.63, 3.8) is 0 Å². The zero-order chi connectivity index (χ0) is 16.5. The number of aromatic nitrogens is 1. The molecule has 0 N–H and O–H groups in total. The highest BCUT2D eigenvalue weighted by Crippen LogP contribution is 2.39. The summed E-state index contributed by atoms with van der Waals surface area (Å²) in [7, 11) is 0. The summed E-state index contributed by atoms with van der Waals surface area (Å²) in [6.07, 6.45) is 2.84. The molecule has 0 atom stereocenters. The van der Waals surface area contributed by atoms with Crippen molar-refractivity contribution in [2.24, 2.45) is 0 Å². The molecule has 4 rings (SSSR count). The molecule has 3 nitrogen and oxygen atoms in total. The van der Waals surface area contributed by atoms with Crippen molar-refractivity contribution in [1.82, 2.24) is 4.98 Å². The molecule has 0 saturated heterocycles. The van der Waals surface area contributed by atoms with Crippen molar-refractivity contribution in [3.05, 3.63) is 69.7 Å². The van der Waals surface area contributed by atoms with E-state index in [0.29, 0.717) is 18.1 Å². The molecule has 3 heterocycles. The molecular formula is C19H14ClNO2S. The highest BCUT2D eigenvalue weighted by atomic mass is 35.5. The number of hydrogen-bond acceptors (Lipinski definition) is 4. The van der Waals surface area contributed by atoms with Crippen LogP contribution in [0.15, 0.2) is 48.7 Å². The summed E-state index contributed by atoms with van der Waals surface area (Å²) >= 11 is 7.66. The molecule has 0 radical (unpaired) electrons. The van der Waals surface area contributed by atoms with Gasteiger partial charge in [0, 0.05) is 24.1 Å². The fourth-order valence-corrected chi connectivity index (χ4v) is 4.15. The lowest BCUT2D eigenvalue weighted by molar-refractivity contribution is 0.0996. The van der Waals surface area contributed by atoms with Crippen LogP contribution in [0.25, 0.3) is 10.6 Å². The number of hydrogen-bond donors (Lipinski definition) is 0. The Morgan fingerprint density at radius 1 is 1.25 bits per heavy atom. The molecule has 120 valence electrons. The Bertz CT molecular complexity index is 919. The van der Waals surface area contributed by atoms with E-state index < -0.39 is 0 Å². The first kappa shape index (κ1) is 15.4. The maximum absolute atomic E-state index is 12.7. The van der Waals surface area contributed by atoms with Gasteiger partial charge in [0.1, 0.15) is 11.4 Å². The Morgan fingerprint density at radius 2 is 2.12 bits per heavy atom. The fourth-order valence-electron chi connectivity index (χ4n) is 2.80. The lowest BCUT2D eigenvalue weighted by Crippen LogP contribution is -2.02. The maximum Gasteiger partial charge on any atom is 0.177 e. The molecule has 1 aromatic carbocycles. The summed E-state index contributed by atoms with van der Waals surface area (Å²) in [5.41, 5.74) is 2.81. The van der Waals surface area contributed by atoms with Crippen LogP contribution >= 0.6 is 22.9 Å². The highest BCUT2D eigenvalue weighted by Gasteiger charge is 2.22. The van der Waals surface area contributed by atoms with Crippen molar-refractivity contribution in [2.45, 2.75) is 12.8 Å². The largest absolute Gasteiger partial charge is 0.491 e. The predicted molar refractivity (Wildman–Crippen MR) is 96.2 cm³/mol. The van der Waals surface area contributed by atoms with Crippen LogP contribution < -0.4 is 4.74 Å². The smallest absolute Gasteiger partial charge is 0.177 e. The summed E-state index contributed by atoms with van der Waals surface area (Å²) in [4.78, 5) is 18.9. The van der Waals surface area contributed by atoms with Gasteiger partial charge in [0.2, 0.25) is 0 Å². The van der Waals surface area contributed by atoms with Crippen LogP contribution in [0.4, 0.5) is 0 Å². The van der Waals surface area contributed by atoms with E-state index in [-0.39, 0.29) is 5.78 Å². The first-order valence-corrected chi connectivity index (χ1v) is 8.89. The number of carbonyl (C=O) groups excluding carboxylic acids is 1. The topological polar surface area (TPSA) is 39.2 Å². The SMILES string of the molecule is O=C(Cc1ccccc1Cl)c1cc2c(s1)-c1ncccc1OCC2. The average Bonchev–Trinajstić information content (AvgIpc) is 2.94. The molecule has 2 aromatic heterocycles. The molecule has 0 amide bonds. The van der Waals surface area contributed by atoms with Crippen LogP contribution in [0, 0.1) is 0 Å². The second-order valence-electron chi connectivity index (χ2n) is 5.60. The molecule has 0 aliphatic carbocycles. The van der Waals surface area contributed by atoms with Gasteiger partial charge < -0.3 is 4.74 Å². The summed E-state index contributed by atoms with van der Waals surface area (Å²) < 4.78 is 5.74. The van der Waals surface area contributed by atoms with E-state index in [4.69, 9.17) is 16.3 Å². The van der Waals surface area contributed by atoms with Crippen LogP contribution in [0.5, 0.6) is 5.75 Å². The maximum atomic E-state index is 12.7. The standard InChI is InChI=1S/C19H14ClNO2S/c20-14-5-2-1-4-12(14)10-15(22)17-11-13-7-9-23-16-6-3-8-21-18(16)19(13)24-17/h1-6,8,11H,7,9-10H2. The first-order chi connectivity index (χ1) is 11.7. The zero-order valence-corrected chi connectivity index (χ0v) is 14.4. The second-order valence-corrected chi connectivity index (χ2v) is 7.06. The van der Waals surface area contributed by atoms with E-state index in [0.717, 1.165) is 38.7 Å². The summed E-state index contributed by atoms with van der Waals surface area (Å²) in [6, 6.07) is 13.2. The van der Waals surface area contributed by atoms with Gasteiger partial charge in [-0.2, -0.15) is 0 Å². The van der Waals surface area contributed by atoms with Gasteiger partial charge in [0.25, 0.3) is 0 Å². The van der Waals surface area contributed by atoms with Gasteiger partial charge in [-0.1, -0.05) is 29.8 Å². The summed E-state index contributed by atoms with van der Waals surface area (Å²) in [5.74, 6) is 0.864. The van der Waals surface area contributed by atoms with Crippen LogP contribution in [0.3, 0.4) is 0 Å². The van der Waals surface area contributed by atoms with Gasteiger partial charge in [0.05, 0.1) is 16.4 Å². The third-order valence-electron chi connectivity index (χ3n) is 4.01. The van der Waals surface area contributed by atoms with Crippen molar-refractivity contribution in [2.75, 3.05) is 6.61 Å². The van der Waals surface area contributed by atoms with E-state index in [1.54, 1.807) is 6.20 Å². The number of fused-ring (bicyclic) bond motifs is 3. The summed E-state index contributed by atoms with van der Waals surface area (Å²) in [5, 5.41) is 0.629. The lowest BCUT2D eigenvalue weighted by atomic mass is 10.1. The Kier molecular flexibility index (Phi) is 4.08. The quantitative estimate of drug-likeness (QED) is 0.632. The Morgan fingerprint density at radius 3 is 3.00 bits per heavy atom.